The summed E-state index contributed by atoms with van der Waals surface area (Å²) in [5.74, 6) is 1.21. The predicted molar refractivity (Wildman–Crippen MR) is 61.7 cm³/mol. The molecule has 0 aromatic heterocycles. The summed E-state index contributed by atoms with van der Waals surface area (Å²) in [5.41, 5.74) is 8.95. The summed E-state index contributed by atoms with van der Waals surface area (Å²) in [6, 6.07) is 6.29. The molecule has 78 valence electrons. The molecule has 0 saturated carbocycles. The van der Waals surface area contributed by atoms with Crippen molar-refractivity contribution in [3.63, 3.8) is 0 Å². The van der Waals surface area contributed by atoms with Crippen LogP contribution in [0.15, 0.2) is 18.2 Å². The highest BCUT2D eigenvalue weighted by atomic mass is 32.2. The largest absolute Gasteiger partial charge is 0.330 e. The Morgan fingerprint density at radius 3 is 2.29 bits per heavy atom. The van der Waals surface area contributed by atoms with Crippen molar-refractivity contribution in [2.75, 3.05) is 12.3 Å². The first-order valence-electron chi connectivity index (χ1n) is 4.74. The second kappa shape index (κ2) is 5.27. The number of nitrogens with two attached hydrogens (primary N) is 1. The zero-order chi connectivity index (χ0) is 10.6. The summed E-state index contributed by atoms with van der Waals surface area (Å²) in [4.78, 5) is 0. The summed E-state index contributed by atoms with van der Waals surface area (Å²) in [6.45, 7) is 4.61. The van der Waals surface area contributed by atoms with Crippen LogP contribution in [0.1, 0.15) is 16.7 Å². The van der Waals surface area contributed by atoms with Crippen LogP contribution in [0.3, 0.4) is 0 Å². The molecule has 2 nitrogen and oxygen atoms in total. The third-order valence-electron chi connectivity index (χ3n) is 1.95. The highest BCUT2D eigenvalue weighted by molar-refractivity contribution is 7.84. The Balaban J connectivity index is 2.71. The minimum absolute atomic E-state index is 0.497. The monoisotopic (exact) mass is 211 g/mol. The van der Waals surface area contributed by atoms with E-state index in [4.69, 9.17) is 5.73 Å². The molecule has 0 heterocycles. The van der Waals surface area contributed by atoms with Crippen LogP contribution in [0.2, 0.25) is 0 Å². The Morgan fingerprint density at radius 1 is 1.21 bits per heavy atom. The number of rotatable bonds is 4. The maximum Gasteiger partial charge on any atom is 0.0486 e. The third kappa shape index (κ3) is 3.60. The van der Waals surface area contributed by atoms with Gasteiger partial charge in [0.05, 0.1) is 0 Å². The fourth-order valence-corrected chi connectivity index (χ4v) is 2.49. The molecule has 0 amide bonds. The van der Waals surface area contributed by atoms with Gasteiger partial charge in [0.25, 0.3) is 0 Å². The number of hydrogen-bond donors (Lipinski definition) is 1. The van der Waals surface area contributed by atoms with E-state index in [2.05, 4.69) is 32.0 Å². The number of aryl methyl sites for hydroxylation is 2. The van der Waals surface area contributed by atoms with Gasteiger partial charge in [-0.05, 0) is 19.4 Å². The van der Waals surface area contributed by atoms with E-state index in [1.807, 2.05) is 0 Å². The van der Waals surface area contributed by atoms with Crippen LogP contribution in [0.4, 0.5) is 0 Å². The molecule has 14 heavy (non-hydrogen) atoms. The fourth-order valence-electron chi connectivity index (χ4n) is 1.54. The molecule has 1 rings (SSSR count). The van der Waals surface area contributed by atoms with Crippen molar-refractivity contribution in [2.45, 2.75) is 19.6 Å². The fraction of sp³-hybridized carbons (Fsp3) is 0.455. The molecule has 2 N–H and O–H groups in total. The van der Waals surface area contributed by atoms with E-state index in [0.29, 0.717) is 18.1 Å². The molecule has 0 radical (unpaired) electrons. The molecule has 0 fully saturated rings. The van der Waals surface area contributed by atoms with Crippen molar-refractivity contribution in [3.8, 4) is 0 Å². The first-order chi connectivity index (χ1) is 6.61. The van der Waals surface area contributed by atoms with Gasteiger partial charge in [0.15, 0.2) is 0 Å². The summed E-state index contributed by atoms with van der Waals surface area (Å²) in [6.07, 6.45) is 0. The van der Waals surface area contributed by atoms with E-state index < -0.39 is 10.8 Å². The van der Waals surface area contributed by atoms with Gasteiger partial charge in [-0.2, -0.15) is 0 Å². The topological polar surface area (TPSA) is 43.1 Å². The Bertz CT molecular complexity index is 316. The first kappa shape index (κ1) is 11.4. The van der Waals surface area contributed by atoms with Gasteiger partial charge >= 0.3 is 0 Å². The molecule has 3 heteroatoms. The van der Waals surface area contributed by atoms with Crippen LogP contribution < -0.4 is 5.73 Å². The van der Waals surface area contributed by atoms with Crippen LogP contribution in [-0.2, 0) is 16.6 Å². The molecule has 1 aromatic rings. The van der Waals surface area contributed by atoms with Crippen molar-refractivity contribution >= 4 is 10.8 Å². The van der Waals surface area contributed by atoms with Crippen LogP contribution in [0, 0.1) is 13.8 Å². The van der Waals surface area contributed by atoms with E-state index in [1.54, 1.807) is 0 Å². The van der Waals surface area contributed by atoms with Crippen molar-refractivity contribution in [2.24, 2.45) is 5.73 Å². The molecule has 1 aromatic carbocycles. The molecular formula is C11H17NOS. The van der Waals surface area contributed by atoms with Crippen LogP contribution in [0.25, 0.3) is 0 Å². The van der Waals surface area contributed by atoms with Gasteiger partial charge in [0, 0.05) is 28.9 Å². The molecule has 1 unspecified atom stereocenters. The molecule has 0 bridgehead atoms. The molecule has 0 spiro atoms. The van der Waals surface area contributed by atoms with E-state index in [1.165, 1.54) is 11.1 Å². The van der Waals surface area contributed by atoms with E-state index in [-0.39, 0.29) is 0 Å². The second-order valence-electron chi connectivity index (χ2n) is 3.57. The summed E-state index contributed by atoms with van der Waals surface area (Å²) >= 11 is 0. The zero-order valence-corrected chi connectivity index (χ0v) is 9.56. The van der Waals surface area contributed by atoms with E-state index >= 15 is 0 Å². The van der Waals surface area contributed by atoms with Gasteiger partial charge in [0.2, 0.25) is 0 Å². The smallest absolute Gasteiger partial charge is 0.0486 e. The summed E-state index contributed by atoms with van der Waals surface area (Å²) in [5, 5.41) is 0. The van der Waals surface area contributed by atoms with E-state index in [9.17, 15) is 4.21 Å². The number of hydrogen-bond acceptors (Lipinski definition) is 2. The highest BCUT2D eigenvalue weighted by Crippen LogP contribution is 2.10. The minimum Gasteiger partial charge on any atom is -0.330 e. The highest BCUT2D eigenvalue weighted by Gasteiger charge is 2.01. The lowest BCUT2D eigenvalue weighted by Crippen LogP contribution is -2.11. The molecule has 0 aliphatic heterocycles. The first-order valence-corrected chi connectivity index (χ1v) is 6.23. The standard InChI is InChI=1S/C11H17NOS/c1-9-5-10(2)7-11(6-9)8-14(13)4-3-12/h5-7H,3-4,8,12H2,1-2H3. The maximum atomic E-state index is 11.5. The van der Waals surface area contributed by atoms with Crippen molar-refractivity contribution in [3.05, 3.63) is 34.9 Å². The van der Waals surface area contributed by atoms with Crippen molar-refractivity contribution < 1.29 is 4.21 Å². The maximum absolute atomic E-state index is 11.5. The Hall–Kier alpha value is -0.670. The second-order valence-corrected chi connectivity index (χ2v) is 5.15. The molecule has 0 aliphatic carbocycles. The van der Waals surface area contributed by atoms with Gasteiger partial charge in [-0.25, -0.2) is 0 Å². The average Bonchev–Trinajstić information content (AvgIpc) is 2.01. The molecule has 0 saturated heterocycles. The van der Waals surface area contributed by atoms with Crippen molar-refractivity contribution in [1.82, 2.24) is 0 Å². The van der Waals surface area contributed by atoms with Crippen LogP contribution in [-0.4, -0.2) is 16.5 Å². The average molecular weight is 211 g/mol. The zero-order valence-electron chi connectivity index (χ0n) is 8.75. The quantitative estimate of drug-likeness (QED) is 0.820. The van der Waals surface area contributed by atoms with Gasteiger partial charge in [0.1, 0.15) is 0 Å². The van der Waals surface area contributed by atoms with Gasteiger partial charge < -0.3 is 5.73 Å². The lowest BCUT2D eigenvalue weighted by Gasteiger charge is -2.04. The Morgan fingerprint density at radius 2 is 1.79 bits per heavy atom. The van der Waals surface area contributed by atoms with Crippen LogP contribution in [0.5, 0.6) is 0 Å². The van der Waals surface area contributed by atoms with Gasteiger partial charge in [-0.3, -0.25) is 4.21 Å². The van der Waals surface area contributed by atoms with E-state index in [0.717, 1.165) is 5.56 Å². The third-order valence-corrected chi connectivity index (χ3v) is 3.30. The molecular weight excluding hydrogens is 194 g/mol. The predicted octanol–water partition coefficient (Wildman–Crippen LogP) is 1.51. The lowest BCUT2D eigenvalue weighted by atomic mass is 10.1. The Kier molecular flexibility index (Phi) is 4.29. The minimum atomic E-state index is -0.813. The molecule has 0 aliphatic rings. The molecule has 1 atom stereocenters. The SMILES string of the molecule is Cc1cc(C)cc(CS(=O)CCN)c1. The number of benzene rings is 1. The van der Waals surface area contributed by atoms with Gasteiger partial charge in [-0.1, -0.05) is 29.3 Å². The normalized spacial score (nSPS) is 12.8. The van der Waals surface area contributed by atoms with Gasteiger partial charge in [-0.15, -0.1) is 0 Å². The lowest BCUT2D eigenvalue weighted by molar-refractivity contribution is 0.682. The van der Waals surface area contributed by atoms with Crippen LogP contribution >= 0.6 is 0 Å². The summed E-state index contributed by atoms with van der Waals surface area (Å²) < 4.78 is 11.5. The Labute approximate surface area is 88.0 Å². The van der Waals surface area contributed by atoms with Crippen molar-refractivity contribution in [1.29, 1.82) is 0 Å². The summed E-state index contributed by atoms with van der Waals surface area (Å²) in [7, 11) is -0.813.